The van der Waals surface area contributed by atoms with Gasteiger partial charge in [-0.25, -0.2) is 4.79 Å². The molecule has 0 aliphatic rings. The first-order valence-corrected chi connectivity index (χ1v) is 4.33. The minimum Gasteiger partial charge on any atom is -0.478 e. The number of rotatable bonds is 5. The van der Waals surface area contributed by atoms with Gasteiger partial charge < -0.3 is 10.2 Å². The molecule has 2 N–H and O–H groups in total. The second kappa shape index (κ2) is 6.24. The van der Waals surface area contributed by atoms with Crippen LogP contribution in [0.15, 0.2) is 11.5 Å². The van der Waals surface area contributed by atoms with E-state index in [4.69, 9.17) is 10.2 Å². The molecule has 1 unspecified atom stereocenters. The molecule has 0 spiro atoms. The van der Waals surface area contributed by atoms with Crippen LogP contribution >= 0.6 is 11.8 Å². The number of hydrogen-bond acceptors (Lipinski definition) is 3. The molecule has 11 heavy (non-hydrogen) atoms. The van der Waals surface area contributed by atoms with Gasteiger partial charge in [0.05, 0.1) is 0 Å². The molecule has 64 valence electrons. The first-order valence-electron chi connectivity index (χ1n) is 3.28. The third kappa shape index (κ3) is 7.42. The largest absolute Gasteiger partial charge is 0.478 e. The summed E-state index contributed by atoms with van der Waals surface area (Å²) < 4.78 is 0. The van der Waals surface area contributed by atoms with Crippen molar-refractivity contribution in [1.82, 2.24) is 0 Å². The van der Waals surface area contributed by atoms with Crippen LogP contribution in [0.25, 0.3) is 0 Å². The standard InChI is InChI=1S/C7H12O3S/c1-6(4-8)5-11-3-2-7(9)10/h2-3,6,8H,4-5H2,1H3,(H,9,10). The van der Waals surface area contributed by atoms with Gasteiger partial charge in [0.2, 0.25) is 0 Å². The molecule has 0 saturated heterocycles. The topological polar surface area (TPSA) is 57.5 Å². The fourth-order valence-corrected chi connectivity index (χ4v) is 1.14. The molecule has 0 fully saturated rings. The van der Waals surface area contributed by atoms with Crippen LogP contribution in [0.4, 0.5) is 0 Å². The van der Waals surface area contributed by atoms with E-state index in [1.807, 2.05) is 6.92 Å². The maximum absolute atomic E-state index is 9.96. The number of aliphatic carboxylic acids is 1. The number of thioether (sulfide) groups is 1. The molecule has 0 aromatic carbocycles. The summed E-state index contributed by atoms with van der Waals surface area (Å²) in [6, 6.07) is 0. The molecule has 0 amide bonds. The Kier molecular flexibility index (Phi) is 5.97. The molecule has 0 aliphatic carbocycles. The van der Waals surface area contributed by atoms with Gasteiger partial charge in [-0.3, -0.25) is 0 Å². The second-order valence-corrected chi connectivity index (χ2v) is 3.20. The summed E-state index contributed by atoms with van der Waals surface area (Å²) in [6.45, 7) is 2.05. The van der Waals surface area contributed by atoms with Crippen molar-refractivity contribution in [2.24, 2.45) is 5.92 Å². The molecule has 4 heteroatoms. The molecule has 0 radical (unpaired) electrons. The van der Waals surface area contributed by atoms with E-state index in [2.05, 4.69) is 0 Å². The molecule has 3 nitrogen and oxygen atoms in total. The maximum Gasteiger partial charge on any atom is 0.328 e. The highest BCUT2D eigenvalue weighted by Gasteiger charge is 1.97. The lowest BCUT2D eigenvalue weighted by Crippen LogP contribution is -2.02. The second-order valence-electron chi connectivity index (χ2n) is 2.26. The number of carbonyl (C=O) groups is 1. The molecule has 0 bridgehead atoms. The smallest absolute Gasteiger partial charge is 0.328 e. The van der Waals surface area contributed by atoms with Crippen LogP contribution in [0.5, 0.6) is 0 Å². The summed E-state index contributed by atoms with van der Waals surface area (Å²) in [7, 11) is 0. The van der Waals surface area contributed by atoms with Gasteiger partial charge in [0.25, 0.3) is 0 Å². The Hall–Kier alpha value is -0.480. The van der Waals surface area contributed by atoms with Crippen molar-refractivity contribution in [3.05, 3.63) is 11.5 Å². The van der Waals surface area contributed by atoms with E-state index in [-0.39, 0.29) is 12.5 Å². The number of carboxylic acid groups (broad SMARTS) is 1. The summed E-state index contributed by atoms with van der Waals surface area (Å²) in [5.41, 5.74) is 0. The van der Waals surface area contributed by atoms with Gasteiger partial charge in [-0.1, -0.05) is 6.92 Å². The molecule has 0 aromatic heterocycles. The Balaban J connectivity index is 3.33. The van der Waals surface area contributed by atoms with Gasteiger partial charge in [0.15, 0.2) is 0 Å². The summed E-state index contributed by atoms with van der Waals surface area (Å²) in [4.78, 5) is 9.96. The Morgan fingerprint density at radius 1 is 1.73 bits per heavy atom. The Morgan fingerprint density at radius 3 is 2.82 bits per heavy atom. The predicted molar refractivity (Wildman–Crippen MR) is 45.5 cm³/mol. The van der Waals surface area contributed by atoms with E-state index in [0.717, 1.165) is 11.8 Å². The number of carboxylic acids is 1. The molecule has 1 atom stereocenters. The van der Waals surface area contributed by atoms with Gasteiger partial charge in [0.1, 0.15) is 0 Å². The molecule has 0 rings (SSSR count). The van der Waals surface area contributed by atoms with Crippen LogP contribution in [-0.2, 0) is 4.79 Å². The lowest BCUT2D eigenvalue weighted by Gasteiger charge is -2.02. The van der Waals surface area contributed by atoms with Crippen molar-refractivity contribution >= 4 is 17.7 Å². The van der Waals surface area contributed by atoms with E-state index < -0.39 is 5.97 Å². The van der Waals surface area contributed by atoms with Crippen molar-refractivity contribution in [2.45, 2.75) is 6.92 Å². The zero-order chi connectivity index (χ0) is 8.69. The van der Waals surface area contributed by atoms with E-state index in [1.54, 1.807) is 0 Å². The lowest BCUT2D eigenvalue weighted by atomic mass is 10.2. The fraction of sp³-hybridized carbons (Fsp3) is 0.571. The van der Waals surface area contributed by atoms with E-state index in [9.17, 15) is 4.79 Å². The summed E-state index contributed by atoms with van der Waals surface area (Å²) in [5, 5.41) is 18.3. The summed E-state index contributed by atoms with van der Waals surface area (Å²) in [6.07, 6.45) is 1.09. The van der Waals surface area contributed by atoms with Crippen LogP contribution in [0.3, 0.4) is 0 Å². The fourth-order valence-electron chi connectivity index (χ4n) is 0.379. The monoisotopic (exact) mass is 176 g/mol. The van der Waals surface area contributed by atoms with Gasteiger partial charge >= 0.3 is 5.97 Å². The molecular weight excluding hydrogens is 164 g/mol. The van der Waals surface area contributed by atoms with Gasteiger partial charge in [0, 0.05) is 18.4 Å². The highest BCUT2D eigenvalue weighted by Crippen LogP contribution is 2.08. The average molecular weight is 176 g/mol. The van der Waals surface area contributed by atoms with Gasteiger partial charge in [-0.05, 0) is 11.3 Å². The van der Waals surface area contributed by atoms with E-state index in [1.165, 1.54) is 17.2 Å². The Labute approximate surface area is 70.1 Å². The van der Waals surface area contributed by atoms with Gasteiger partial charge in [-0.2, -0.15) is 0 Å². The quantitative estimate of drug-likeness (QED) is 0.612. The zero-order valence-electron chi connectivity index (χ0n) is 6.36. The zero-order valence-corrected chi connectivity index (χ0v) is 7.17. The first kappa shape index (κ1) is 10.5. The minimum atomic E-state index is -0.936. The highest BCUT2D eigenvalue weighted by atomic mass is 32.2. The van der Waals surface area contributed by atoms with Crippen molar-refractivity contribution < 1.29 is 15.0 Å². The number of aliphatic hydroxyl groups is 1. The molecular formula is C7H12O3S. The van der Waals surface area contributed by atoms with Crippen molar-refractivity contribution in [3.63, 3.8) is 0 Å². The van der Waals surface area contributed by atoms with E-state index >= 15 is 0 Å². The summed E-state index contributed by atoms with van der Waals surface area (Å²) in [5.74, 6) is 0.0351. The maximum atomic E-state index is 9.96. The van der Waals surface area contributed by atoms with Gasteiger partial charge in [-0.15, -0.1) is 11.8 Å². The summed E-state index contributed by atoms with van der Waals surface area (Å²) >= 11 is 1.39. The van der Waals surface area contributed by atoms with E-state index in [0.29, 0.717) is 0 Å². The van der Waals surface area contributed by atoms with Crippen molar-refractivity contribution in [2.75, 3.05) is 12.4 Å². The first-order chi connectivity index (χ1) is 5.16. The van der Waals surface area contributed by atoms with Crippen molar-refractivity contribution in [3.8, 4) is 0 Å². The lowest BCUT2D eigenvalue weighted by molar-refractivity contribution is -0.131. The highest BCUT2D eigenvalue weighted by molar-refractivity contribution is 8.02. The third-order valence-corrected chi connectivity index (χ3v) is 2.09. The third-order valence-electron chi connectivity index (χ3n) is 0.999. The molecule has 0 saturated carbocycles. The minimum absolute atomic E-state index is 0.147. The normalized spacial score (nSPS) is 13.6. The molecule has 0 heterocycles. The average Bonchev–Trinajstić information content (AvgIpc) is 1.97. The Morgan fingerprint density at radius 2 is 2.36 bits per heavy atom. The SMILES string of the molecule is CC(CO)CSC=CC(=O)O. The number of aliphatic hydroxyl groups excluding tert-OH is 1. The predicted octanol–water partition coefficient (Wildman–Crippen LogP) is 0.946. The van der Waals surface area contributed by atoms with Crippen LogP contribution in [0.2, 0.25) is 0 Å². The van der Waals surface area contributed by atoms with Crippen LogP contribution in [0.1, 0.15) is 6.92 Å². The molecule has 0 aromatic rings. The van der Waals surface area contributed by atoms with Crippen LogP contribution < -0.4 is 0 Å². The van der Waals surface area contributed by atoms with Crippen molar-refractivity contribution in [1.29, 1.82) is 0 Å². The number of hydrogen-bond donors (Lipinski definition) is 2. The van der Waals surface area contributed by atoms with Crippen LogP contribution in [-0.4, -0.2) is 28.5 Å². The molecule has 0 aliphatic heterocycles. The van der Waals surface area contributed by atoms with Crippen LogP contribution in [0, 0.1) is 5.92 Å². The Bertz CT molecular complexity index is 145.